The average Bonchev–Trinajstić information content (AvgIpc) is 3.77. The fraction of sp³-hybridized carbons (Fsp3) is 0.625. The molecule has 0 N–H and O–H groups in total. The lowest BCUT2D eigenvalue weighted by molar-refractivity contribution is 0.273. The topological polar surface area (TPSA) is 28.3 Å². The van der Waals surface area contributed by atoms with Gasteiger partial charge in [-0.15, -0.1) is 0 Å². The molecule has 68 heavy (non-hydrogen) atoms. The van der Waals surface area contributed by atoms with Crippen LogP contribution in [0.15, 0.2) is 60.7 Å². The van der Waals surface area contributed by atoms with Gasteiger partial charge in [0.2, 0.25) is 0 Å². The number of aromatic nitrogens is 2. The summed E-state index contributed by atoms with van der Waals surface area (Å²) in [4.78, 5) is 0. The summed E-state index contributed by atoms with van der Waals surface area (Å²) in [5, 5.41) is 5.02. The van der Waals surface area contributed by atoms with E-state index in [9.17, 15) is 0 Å². The number of hydrogen-bond donors (Lipinski definition) is 0. The Bertz CT molecular complexity index is 2260. The van der Waals surface area contributed by atoms with Gasteiger partial charge in [0.15, 0.2) is 0 Å². The van der Waals surface area contributed by atoms with E-state index in [0.29, 0.717) is 36.9 Å². The van der Waals surface area contributed by atoms with Crippen LogP contribution in [0.2, 0.25) is 0 Å². The lowest BCUT2D eigenvalue weighted by Gasteiger charge is -2.19. The van der Waals surface area contributed by atoms with Gasteiger partial charge in [0.25, 0.3) is 0 Å². The maximum atomic E-state index is 7.08. The van der Waals surface area contributed by atoms with E-state index in [2.05, 4.69) is 165 Å². The van der Waals surface area contributed by atoms with Crippen LogP contribution in [0.25, 0.3) is 54.7 Å². The van der Waals surface area contributed by atoms with Gasteiger partial charge in [-0.2, -0.15) is 0 Å². The van der Waals surface area contributed by atoms with Crippen LogP contribution in [0.3, 0.4) is 0 Å². The summed E-state index contributed by atoms with van der Waals surface area (Å²) in [6.45, 7) is 31.7. The lowest BCUT2D eigenvalue weighted by atomic mass is 9.96. The minimum Gasteiger partial charge on any atom is -0.492 e. The van der Waals surface area contributed by atoms with Crippen LogP contribution in [-0.4, -0.2) is 22.3 Å². The molecule has 2 heterocycles. The number of rotatable bonds is 31. The molecule has 6 rings (SSSR count). The fourth-order valence-corrected chi connectivity index (χ4v) is 10.6. The van der Waals surface area contributed by atoms with Crippen LogP contribution in [-0.2, 0) is 13.1 Å². The van der Waals surface area contributed by atoms with Gasteiger partial charge in [-0.25, -0.2) is 0 Å². The SMILES string of the molecule is CC(C)CCCC(C)CCOc1[c]c2c(cc1-c1cc3c4ccccc4n(CCC(C)CCCC(C)C)c3[c]c1OCCC(C)CCCC(C)C)c1ccccc1n2CCC(C)CCCC(C)C. The van der Waals surface area contributed by atoms with E-state index in [1.807, 2.05) is 0 Å². The van der Waals surface area contributed by atoms with Crippen LogP contribution in [0.5, 0.6) is 11.5 Å². The molecule has 0 aliphatic rings. The number of aryl methyl sites for hydroxylation is 2. The average molecular weight is 923 g/mol. The van der Waals surface area contributed by atoms with Gasteiger partial charge in [0, 0.05) is 56.8 Å². The third-order valence-corrected chi connectivity index (χ3v) is 15.2. The van der Waals surface area contributed by atoms with Gasteiger partial charge in [-0.3, -0.25) is 0 Å². The van der Waals surface area contributed by atoms with Crippen molar-refractivity contribution in [2.75, 3.05) is 13.2 Å². The van der Waals surface area contributed by atoms with Crippen LogP contribution < -0.4 is 9.47 Å². The summed E-state index contributed by atoms with van der Waals surface area (Å²) in [5.41, 5.74) is 6.97. The van der Waals surface area contributed by atoms with E-state index in [1.54, 1.807) is 0 Å². The Hall–Kier alpha value is -3.92. The summed E-state index contributed by atoms with van der Waals surface area (Å²) in [5.74, 6) is 7.18. The van der Waals surface area contributed by atoms with E-state index in [4.69, 9.17) is 9.47 Å². The number of ether oxygens (including phenoxy) is 2. The number of para-hydroxylation sites is 2. The molecule has 0 amide bonds. The van der Waals surface area contributed by atoms with Crippen LogP contribution in [0.4, 0.5) is 0 Å². The molecule has 0 saturated heterocycles. The van der Waals surface area contributed by atoms with Crippen molar-refractivity contribution in [2.24, 2.45) is 47.3 Å². The van der Waals surface area contributed by atoms with E-state index in [-0.39, 0.29) is 0 Å². The summed E-state index contributed by atoms with van der Waals surface area (Å²) in [6, 6.07) is 30.9. The Morgan fingerprint density at radius 2 is 0.706 bits per heavy atom. The minimum atomic E-state index is 0.597. The van der Waals surface area contributed by atoms with Crippen molar-refractivity contribution in [3.05, 3.63) is 72.8 Å². The summed E-state index contributed by atoms with van der Waals surface area (Å²) in [7, 11) is 0. The summed E-state index contributed by atoms with van der Waals surface area (Å²) < 4.78 is 19.3. The Morgan fingerprint density at radius 3 is 1.04 bits per heavy atom. The molecular formula is C64H94N2O2. The first-order chi connectivity index (χ1) is 32.7. The van der Waals surface area contributed by atoms with E-state index >= 15 is 0 Å². The zero-order valence-corrected chi connectivity index (χ0v) is 45.2. The maximum absolute atomic E-state index is 7.08. The predicted molar refractivity (Wildman–Crippen MR) is 296 cm³/mol. The molecule has 0 saturated carbocycles. The largest absolute Gasteiger partial charge is 0.492 e. The molecule has 0 aliphatic heterocycles. The highest BCUT2D eigenvalue weighted by Crippen LogP contribution is 2.45. The zero-order chi connectivity index (χ0) is 48.7. The van der Waals surface area contributed by atoms with Crippen molar-refractivity contribution < 1.29 is 9.47 Å². The standard InChI is InChI=1S/C64H94N2O2/c1-45(2)21-17-25-49(9)33-37-65-59-31-15-13-29-53(59)55-41-57(63(43-61(55)65)67-39-35-51(11)27-19-23-47(5)6)58-42-56-54-30-14-16-32-60(54)66(38-34-50(10)26-18-22-46(3)4)62(56)44-64(58)68-40-36-52(12)28-20-24-48(7)8/h13-16,29-32,41-42,45-52H,17-28,33-40H2,1-12H3. The molecule has 2 radical (unpaired) electrons. The molecule has 2 aromatic heterocycles. The molecule has 4 atom stereocenters. The van der Waals surface area contributed by atoms with Crippen LogP contribution in [0.1, 0.15) is 186 Å². The number of benzene rings is 4. The summed E-state index contributed by atoms with van der Waals surface area (Å²) in [6.07, 6.45) is 19.7. The van der Waals surface area contributed by atoms with E-state index < -0.39 is 0 Å². The normalized spacial score (nSPS) is 14.2. The van der Waals surface area contributed by atoms with E-state index in [1.165, 1.54) is 110 Å². The monoisotopic (exact) mass is 923 g/mol. The first-order valence-corrected chi connectivity index (χ1v) is 27.9. The number of hydrogen-bond acceptors (Lipinski definition) is 2. The Balaban J connectivity index is 1.46. The Labute approximate surface area is 415 Å². The second-order valence-corrected chi connectivity index (χ2v) is 23.5. The highest BCUT2D eigenvalue weighted by Gasteiger charge is 2.23. The lowest BCUT2D eigenvalue weighted by Crippen LogP contribution is -2.08. The smallest absolute Gasteiger partial charge is 0.137 e. The molecule has 0 aliphatic carbocycles. The van der Waals surface area contributed by atoms with Crippen molar-refractivity contribution in [1.29, 1.82) is 0 Å². The minimum absolute atomic E-state index is 0.597. The zero-order valence-electron chi connectivity index (χ0n) is 45.2. The highest BCUT2D eigenvalue weighted by molar-refractivity contribution is 6.12. The highest BCUT2D eigenvalue weighted by atomic mass is 16.5. The Kier molecular flexibility index (Phi) is 20.7. The Morgan fingerprint density at radius 1 is 0.382 bits per heavy atom. The van der Waals surface area contributed by atoms with Gasteiger partial charge in [-0.05, 0) is 97.3 Å². The second-order valence-electron chi connectivity index (χ2n) is 23.5. The molecule has 4 heteroatoms. The molecule has 0 spiro atoms. The van der Waals surface area contributed by atoms with Crippen molar-refractivity contribution in [2.45, 2.75) is 199 Å². The number of nitrogens with zero attached hydrogens (tertiary/aromatic N) is 2. The van der Waals surface area contributed by atoms with Gasteiger partial charge in [0.05, 0.1) is 36.4 Å². The van der Waals surface area contributed by atoms with Crippen molar-refractivity contribution >= 4 is 43.6 Å². The van der Waals surface area contributed by atoms with Gasteiger partial charge < -0.3 is 18.6 Å². The second kappa shape index (κ2) is 26.3. The van der Waals surface area contributed by atoms with Gasteiger partial charge >= 0.3 is 0 Å². The third-order valence-electron chi connectivity index (χ3n) is 15.2. The summed E-state index contributed by atoms with van der Waals surface area (Å²) >= 11 is 0. The molecule has 6 aromatic rings. The van der Waals surface area contributed by atoms with Crippen LogP contribution >= 0.6 is 0 Å². The molecule has 0 fully saturated rings. The van der Waals surface area contributed by atoms with Gasteiger partial charge in [0.1, 0.15) is 11.5 Å². The fourth-order valence-electron chi connectivity index (χ4n) is 10.6. The maximum Gasteiger partial charge on any atom is 0.137 e. The quantitative estimate of drug-likeness (QED) is 0.0435. The van der Waals surface area contributed by atoms with E-state index in [0.717, 1.165) is 96.1 Å². The first kappa shape index (κ1) is 53.4. The molecule has 4 unspecified atom stereocenters. The van der Waals surface area contributed by atoms with Crippen LogP contribution in [0, 0.1) is 59.5 Å². The third kappa shape index (κ3) is 15.0. The van der Waals surface area contributed by atoms with Crippen molar-refractivity contribution in [3.63, 3.8) is 0 Å². The van der Waals surface area contributed by atoms with Crippen molar-refractivity contribution in [3.8, 4) is 22.6 Å². The number of fused-ring (bicyclic) bond motifs is 6. The molecule has 4 nitrogen and oxygen atoms in total. The molecule has 4 aromatic carbocycles. The first-order valence-electron chi connectivity index (χ1n) is 27.9. The van der Waals surface area contributed by atoms with Gasteiger partial charge in [-0.1, -0.05) is 197 Å². The molecule has 0 bridgehead atoms. The molecular weight excluding hydrogens is 829 g/mol. The predicted octanol–water partition coefficient (Wildman–Crippen LogP) is 19.3. The molecule has 372 valence electrons. The van der Waals surface area contributed by atoms with Crippen molar-refractivity contribution in [1.82, 2.24) is 9.13 Å².